The number of nitrogens with one attached hydrogen (secondary N) is 1. The smallest absolute Gasteiger partial charge is 0.199 e. The summed E-state index contributed by atoms with van der Waals surface area (Å²) in [5, 5.41) is 3.40. The molecule has 21 heavy (non-hydrogen) atoms. The van der Waals surface area contributed by atoms with Crippen molar-refractivity contribution >= 4 is 0 Å². The molecule has 0 saturated carbocycles. The van der Waals surface area contributed by atoms with E-state index in [2.05, 4.69) is 45.1 Å². The van der Waals surface area contributed by atoms with Gasteiger partial charge in [0.1, 0.15) is 5.75 Å². The minimum absolute atomic E-state index is 0.157. The summed E-state index contributed by atoms with van der Waals surface area (Å²) in [4.78, 5) is 0. The predicted octanol–water partition coefficient (Wildman–Crippen LogP) is 4.53. The van der Waals surface area contributed by atoms with E-state index in [1.165, 1.54) is 5.56 Å². The Hall–Kier alpha value is -1.06. The third kappa shape index (κ3) is 6.49. The molecule has 2 atom stereocenters. The van der Waals surface area contributed by atoms with Crippen LogP contribution in [0.25, 0.3) is 0 Å². The van der Waals surface area contributed by atoms with Crippen LogP contribution in [0.3, 0.4) is 0 Å². The topological polar surface area (TPSA) is 30.5 Å². The zero-order valence-corrected chi connectivity index (χ0v) is 14.4. The van der Waals surface area contributed by atoms with Crippen molar-refractivity contribution in [2.45, 2.75) is 59.8 Å². The van der Waals surface area contributed by atoms with Crippen LogP contribution in [-0.2, 0) is 4.74 Å². The summed E-state index contributed by atoms with van der Waals surface area (Å²) < 4.78 is 11.4. The second-order valence-electron chi connectivity index (χ2n) is 6.59. The first-order chi connectivity index (χ1) is 9.89. The minimum Gasteiger partial charge on any atom is -0.465 e. The molecule has 0 radical (unpaired) electrons. The molecule has 0 spiro atoms. The highest BCUT2D eigenvalue weighted by Gasteiger charge is 2.19. The Bertz CT molecular complexity index is 395. The first-order valence-electron chi connectivity index (χ1n) is 7.95. The Morgan fingerprint density at radius 2 is 1.71 bits per heavy atom. The van der Waals surface area contributed by atoms with E-state index in [0.717, 1.165) is 18.6 Å². The van der Waals surface area contributed by atoms with Gasteiger partial charge < -0.3 is 14.8 Å². The van der Waals surface area contributed by atoms with Crippen LogP contribution >= 0.6 is 0 Å². The van der Waals surface area contributed by atoms with E-state index in [9.17, 15) is 0 Å². The van der Waals surface area contributed by atoms with Crippen molar-refractivity contribution in [3.63, 3.8) is 0 Å². The van der Waals surface area contributed by atoms with Crippen molar-refractivity contribution in [2.75, 3.05) is 13.7 Å². The average Bonchev–Trinajstić information content (AvgIpc) is 2.44. The van der Waals surface area contributed by atoms with Gasteiger partial charge in [0.2, 0.25) is 0 Å². The van der Waals surface area contributed by atoms with Crippen LogP contribution in [0.1, 0.15) is 59.1 Å². The van der Waals surface area contributed by atoms with Gasteiger partial charge in [0, 0.05) is 19.1 Å². The molecule has 0 heterocycles. The molecule has 0 aliphatic rings. The van der Waals surface area contributed by atoms with Crippen LogP contribution in [0.2, 0.25) is 0 Å². The monoisotopic (exact) mass is 293 g/mol. The summed E-state index contributed by atoms with van der Waals surface area (Å²) in [5.74, 6) is 0.865. The second-order valence-corrected chi connectivity index (χ2v) is 6.59. The van der Waals surface area contributed by atoms with Gasteiger partial charge >= 0.3 is 0 Å². The Morgan fingerprint density at radius 3 is 2.14 bits per heavy atom. The normalized spacial score (nSPS) is 14.8. The van der Waals surface area contributed by atoms with Gasteiger partial charge in [-0.05, 0) is 43.5 Å². The Balaban J connectivity index is 2.71. The third-order valence-corrected chi connectivity index (χ3v) is 3.40. The van der Waals surface area contributed by atoms with Crippen molar-refractivity contribution in [1.29, 1.82) is 0 Å². The minimum atomic E-state index is -0.157. The Labute approximate surface area is 130 Å². The van der Waals surface area contributed by atoms with E-state index in [-0.39, 0.29) is 6.29 Å². The highest BCUT2D eigenvalue weighted by molar-refractivity contribution is 5.29. The molecule has 0 bridgehead atoms. The van der Waals surface area contributed by atoms with Crippen LogP contribution < -0.4 is 10.1 Å². The van der Waals surface area contributed by atoms with Crippen molar-refractivity contribution in [3.8, 4) is 5.75 Å². The molecule has 1 aromatic carbocycles. The van der Waals surface area contributed by atoms with E-state index in [1.807, 2.05) is 26.1 Å². The van der Waals surface area contributed by atoms with Gasteiger partial charge in [-0.2, -0.15) is 0 Å². The first kappa shape index (κ1) is 18.0. The van der Waals surface area contributed by atoms with Crippen molar-refractivity contribution in [1.82, 2.24) is 5.32 Å². The lowest BCUT2D eigenvalue weighted by atomic mass is 9.85. The van der Waals surface area contributed by atoms with E-state index in [4.69, 9.17) is 9.47 Å². The lowest BCUT2D eigenvalue weighted by Gasteiger charge is -2.26. The molecular formula is C18H31NO2. The molecule has 3 nitrogen and oxygen atoms in total. The quantitative estimate of drug-likeness (QED) is 0.714. The molecule has 0 aliphatic heterocycles. The summed E-state index contributed by atoms with van der Waals surface area (Å²) in [6, 6.07) is 8.71. The zero-order chi connectivity index (χ0) is 15.9. The van der Waals surface area contributed by atoms with Crippen molar-refractivity contribution in [2.24, 2.45) is 5.41 Å². The molecule has 0 aromatic heterocycles. The van der Waals surface area contributed by atoms with Gasteiger partial charge in [-0.1, -0.05) is 39.8 Å². The largest absolute Gasteiger partial charge is 0.465 e. The maximum atomic E-state index is 5.83. The molecule has 1 aromatic rings. The predicted molar refractivity (Wildman–Crippen MR) is 88.6 cm³/mol. The summed E-state index contributed by atoms with van der Waals surface area (Å²) in [6.07, 6.45) is 1.79. The van der Waals surface area contributed by atoms with E-state index in [1.54, 1.807) is 0 Å². The second kappa shape index (κ2) is 8.40. The van der Waals surface area contributed by atoms with E-state index in [0.29, 0.717) is 18.1 Å². The summed E-state index contributed by atoms with van der Waals surface area (Å²) in [6.45, 7) is 11.5. The number of hydrogen-bond donors (Lipinski definition) is 1. The molecule has 2 unspecified atom stereocenters. The first-order valence-corrected chi connectivity index (χ1v) is 7.95. The third-order valence-electron chi connectivity index (χ3n) is 3.40. The molecule has 0 aliphatic carbocycles. The van der Waals surface area contributed by atoms with E-state index >= 15 is 0 Å². The molecule has 0 fully saturated rings. The van der Waals surface area contributed by atoms with Crippen LogP contribution in [0.15, 0.2) is 24.3 Å². The van der Waals surface area contributed by atoms with Crippen LogP contribution in [0, 0.1) is 5.41 Å². The van der Waals surface area contributed by atoms with E-state index < -0.39 is 0 Å². The summed E-state index contributed by atoms with van der Waals surface area (Å²) >= 11 is 0. The number of rotatable bonds is 8. The molecular weight excluding hydrogens is 262 g/mol. The molecule has 120 valence electrons. The highest BCUT2D eigenvalue weighted by Crippen LogP contribution is 2.30. The van der Waals surface area contributed by atoms with Crippen LogP contribution in [0.5, 0.6) is 5.75 Å². The van der Waals surface area contributed by atoms with Crippen LogP contribution in [-0.4, -0.2) is 19.9 Å². The number of hydrogen-bond acceptors (Lipinski definition) is 3. The SMILES string of the molecule is CCOC(CC)Oc1ccc(C(CC(C)(C)C)NC)cc1. The maximum Gasteiger partial charge on any atom is 0.199 e. The zero-order valence-electron chi connectivity index (χ0n) is 14.4. The summed E-state index contributed by atoms with van der Waals surface area (Å²) in [7, 11) is 2.02. The van der Waals surface area contributed by atoms with Gasteiger partial charge in [0.05, 0.1) is 0 Å². The van der Waals surface area contributed by atoms with Gasteiger partial charge in [0.15, 0.2) is 6.29 Å². The number of ether oxygens (including phenoxy) is 2. The Kier molecular flexibility index (Phi) is 7.20. The highest BCUT2D eigenvalue weighted by atomic mass is 16.7. The standard InChI is InChI=1S/C18H31NO2/c1-7-17(20-8-2)21-15-11-9-14(10-12-15)16(19-6)13-18(3,4)5/h9-12,16-17,19H,7-8,13H2,1-6H3. The maximum absolute atomic E-state index is 5.83. The molecule has 0 amide bonds. The van der Waals surface area contributed by atoms with Crippen molar-refractivity contribution < 1.29 is 9.47 Å². The lowest BCUT2D eigenvalue weighted by Crippen LogP contribution is -2.22. The average molecular weight is 293 g/mol. The molecule has 1 N–H and O–H groups in total. The lowest BCUT2D eigenvalue weighted by molar-refractivity contribution is -0.0766. The fourth-order valence-corrected chi connectivity index (χ4v) is 2.35. The number of benzene rings is 1. The van der Waals surface area contributed by atoms with Gasteiger partial charge in [-0.25, -0.2) is 0 Å². The van der Waals surface area contributed by atoms with Crippen LogP contribution in [0.4, 0.5) is 0 Å². The molecule has 3 heteroatoms. The summed E-state index contributed by atoms with van der Waals surface area (Å²) in [5.41, 5.74) is 1.59. The van der Waals surface area contributed by atoms with Gasteiger partial charge in [-0.15, -0.1) is 0 Å². The van der Waals surface area contributed by atoms with Crippen molar-refractivity contribution in [3.05, 3.63) is 29.8 Å². The van der Waals surface area contributed by atoms with Gasteiger partial charge in [-0.3, -0.25) is 0 Å². The molecule has 0 saturated heterocycles. The fraction of sp³-hybridized carbons (Fsp3) is 0.667. The Morgan fingerprint density at radius 1 is 1.10 bits per heavy atom. The fourth-order valence-electron chi connectivity index (χ4n) is 2.35. The molecule has 1 rings (SSSR count). The van der Waals surface area contributed by atoms with Gasteiger partial charge in [0.25, 0.3) is 0 Å².